The van der Waals surface area contributed by atoms with Gasteiger partial charge in [-0.2, -0.15) is 0 Å². The zero-order chi connectivity index (χ0) is 9.68. The van der Waals surface area contributed by atoms with Crippen LogP contribution in [0.1, 0.15) is 5.69 Å². The number of H-pyrrole nitrogens is 1. The molecule has 0 saturated heterocycles. The number of alkyl halides is 1. The Hall–Kier alpha value is -0.630. The van der Waals surface area contributed by atoms with Gasteiger partial charge in [-0.15, -0.1) is 0 Å². The van der Waals surface area contributed by atoms with Crippen molar-refractivity contribution >= 4 is 5.91 Å². The molecule has 1 heterocycles. The van der Waals surface area contributed by atoms with Gasteiger partial charge in [-0.1, -0.05) is 0 Å². The van der Waals surface area contributed by atoms with E-state index in [-0.39, 0.29) is 27.4 Å². The molecule has 13 heavy (non-hydrogen) atoms. The maximum absolute atomic E-state index is 11.2. The van der Waals surface area contributed by atoms with Gasteiger partial charge in [0, 0.05) is 0 Å². The number of aromatic nitrogens is 2. The number of hydrogen-bond acceptors (Lipinski definition) is 3. The second-order valence-corrected chi connectivity index (χ2v) is 4.15. The summed E-state index contributed by atoms with van der Waals surface area (Å²) in [4.78, 5) is 19.9. The van der Waals surface area contributed by atoms with E-state index in [1.807, 2.05) is 4.93 Å². The molecular formula is C7H12IN4O-. The number of hydrogen-bond donors (Lipinski definition) is 3. The molecule has 0 aliphatic heterocycles. The van der Waals surface area contributed by atoms with E-state index in [4.69, 9.17) is 5.73 Å². The van der Waals surface area contributed by atoms with Crippen molar-refractivity contribution in [3.8, 4) is 0 Å². The van der Waals surface area contributed by atoms with Crippen LogP contribution in [0.25, 0.3) is 0 Å². The average Bonchev–Trinajstić information content (AvgIpc) is 2.57. The van der Waals surface area contributed by atoms with Crippen LogP contribution in [0.15, 0.2) is 12.5 Å². The van der Waals surface area contributed by atoms with E-state index in [9.17, 15) is 4.79 Å². The Kier molecular flexibility index (Phi) is 4.16. The van der Waals surface area contributed by atoms with Gasteiger partial charge >= 0.3 is 87.0 Å². The third kappa shape index (κ3) is 3.31. The van der Waals surface area contributed by atoms with Crippen molar-refractivity contribution in [2.75, 3.05) is 4.93 Å². The molecule has 1 rings (SSSR count). The Morgan fingerprint density at radius 1 is 1.92 bits per heavy atom. The molecule has 0 aliphatic carbocycles. The number of aromatic amines is 1. The number of halogens is 1. The molecule has 1 atom stereocenters. The number of imidazole rings is 1. The van der Waals surface area contributed by atoms with Crippen LogP contribution in [0.3, 0.4) is 0 Å². The third-order valence-electron chi connectivity index (χ3n) is 1.52. The molecule has 1 amide bonds. The maximum atomic E-state index is 11.2. The molecule has 0 saturated carbocycles. The van der Waals surface area contributed by atoms with Gasteiger partial charge in [-0.05, 0) is 0 Å². The summed E-state index contributed by atoms with van der Waals surface area (Å²) in [5, 5.41) is 0. The summed E-state index contributed by atoms with van der Waals surface area (Å²) in [5.41, 5.74) is 6.54. The fourth-order valence-electron chi connectivity index (χ4n) is 0.889. The van der Waals surface area contributed by atoms with Gasteiger partial charge in [0.05, 0.1) is 0 Å². The fraction of sp³-hybridized carbons (Fsp3) is 0.429. The molecule has 0 spiro atoms. The summed E-state index contributed by atoms with van der Waals surface area (Å²) < 4.78 is 2.77. The Bertz CT molecular complexity index is 261. The standard InChI is InChI=1S/C7H12IN4O/c1-8-12-7(13)6(9)2-5-3-10-4-11-5/h3-4,6H,2,9H2,1H3,(H,10,11)(H,12,13)/q-1. The van der Waals surface area contributed by atoms with Crippen molar-refractivity contribution in [3.05, 3.63) is 18.2 Å². The number of amides is 1. The first-order valence-corrected chi connectivity index (χ1v) is 6.98. The van der Waals surface area contributed by atoms with E-state index in [2.05, 4.69) is 13.5 Å². The van der Waals surface area contributed by atoms with Crippen LogP contribution in [0.2, 0.25) is 0 Å². The van der Waals surface area contributed by atoms with E-state index in [0.717, 1.165) is 5.69 Å². The molecule has 0 bridgehead atoms. The summed E-state index contributed by atoms with van der Waals surface area (Å²) in [6, 6.07) is -0.472. The molecule has 1 aromatic heterocycles. The van der Waals surface area contributed by atoms with Crippen LogP contribution in [0.4, 0.5) is 0 Å². The Morgan fingerprint density at radius 3 is 3.23 bits per heavy atom. The van der Waals surface area contributed by atoms with Crippen LogP contribution < -0.4 is 30.7 Å². The van der Waals surface area contributed by atoms with Crippen LogP contribution >= 0.6 is 0 Å². The molecule has 0 fully saturated rings. The summed E-state index contributed by atoms with van der Waals surface area (Å²) in [7, 11) is 0. The number of carbonyl (C=O) groups excluding carboxylic acids is 1. The quantitative estimate of drug-likeness (QED) is 0.301. The van der Waals surface area contributed by atoms with Crippen LogP contribution in [-0.4, -0.2) is 26.8 Å². The van der Waals surface area contributed by atoms with Crippen molar-refractivity contribution < 1.29 is 26.3 Å². The second kappa shape index (κ2) is 5.18. The zero-order valence-corrected chi connectivity index (χ0v) is 9.41. The molecule has 1 aromatic rings. The minimum atomic E-state index is -0.472. The summed E-state index contributed by atoms with van der Waals surface area (Å²) in [6.45, 7) is 0. The number of nitrogens with zero attached hydrogens (tertiary/aromatic N) is 1. The number of nitrogens with two attached hydrogens (primary N) is 1. The van der Waals surface area contributed by atoms with Crippen molar-refractivity contribution in [1.29, 1.82) is 0 Å². The molecule has 4 N–H and O–H groups in total. The number of carbonyl (C=O) groups is 1. The normalized spacial score (nSPS) is 12.8. The minimum absolute atomic E-state index is 0.0788. The molecule has 1 unspecified atom stereocenters. The van der Waals surface area contributed by atoms with E-state index in [0.29, 0.717) is 6.42 Å². The fourth-order valence-corrected chi connectivity index (χ4v) is 1.82. The van der Waals surface area contributed by atoms with Crippen molar-refractivity contribution in [2.24, 2.45) is 5.73 Å². The first kappa shape index (κ1) is 10.5. The van der Waals surface area contributed by atoms with E-state index in [1.165, 1.54) is 0 Å². The summed E-state index contributed by atoms with van der Waals surface area (Å²) in [6.07, 6.45) is 3.76. The molecule has 0 aromatic carbocycles. The predicted molar refractivity (Wildman–Crippen MR) is 44.3 cm³/mol. The summed E-state index contributed by atoms with van der Waals surface area (Å²) >= 11 is -0.236. The van der Waals surface area contributed by atoms with Gasteiger partial charge in [0.1, 0.15) is 0 Å². The SMILES string of the molecule is C[I-]NC(=O)C(N)Cc1cnc[nH]1. The van der Waals surface area contributed by atoms with E-state index < -0.39 is 6.04 Å². The van der Waals surface area contributed by atoms with Gasteiger partial charge < -0.3 is 0 Å². The molecule has 74 valence electrons. The first-order valence-electron chi connectivity index (χ1n) is 3.75. The van der Waals surface area contributed by atoms with E-state index in [1.54, 1.807) is 12.5 Å². The number of nitrogens with one attached hydrogen (secondary N) is 2. The van der Waals surface area contributed by atoms with Crippen molar-refractivity contribution in [2.45, 2.75) is 12.5 Å². The third-order valence-corrected chi connectivity index (χ3v) is 2.59. The van der Waals surface area contributed by atoms with Gasteiger partial charge in [0.2, 0.25) is 0 Å². The second-order valence-electron chi connectivity index (χ2n) is 2.54. The molecular weight excluding hydrogens is 283 g/mol. The van der Waals surface area contributed by atoms with Crippen molar-refractivity contribution in [1.82, 2.24) is 13.5 Å². The Balaban J connectivity index is 2.41. The van der Waals surface area contributed by atoms with Gasteiger partial charge in [0.25, 0.3) is 0 Å². The van der Waals surface area contributed by atoms with Crippen molar-refractivity contribution in [3.63, 3.8) is 0 Å². The van der Waals surface area contributed by atoms with Crippen LogP contribution in [0, 0.1) is 0 Å². The predicted octanol–water partition coefficient (Wildman–Crippen LogP) is -3.97. The molecule has 0 radical (unpaired) electrons. The van der Waals surface area contributed by atoms with Gasteiger partial charge in [0.15, 0.2) is 0 Å². The van der Waals surface area contributed by atoms with E-state index >= 15 is 0 Å². The zero-order valence-electron chi connectivity index (χ0n) is 7.25. The molecule has 0 aliphatic rings. The van der Waals surface area contributed by atoms with Gasteiger partial charge in [-0.3, -0.25) is 0 Å². The van der Waals surface area contributed by atoms with Crippen LogP contribution in [-0.2, 0) is 11.2 Å². The Morgan fingerprint density at radius 2 is 2.69 bits per heavy atom. The topological polar surface area (TPSA) is 83.8 Å². The van der Waals surface area contributed by atoms with Crippen LogP contribution in [0.5, 0.6) is 0 Å². The monoisotopic (exact) mass is 295 g/mol. The molecule has 6 heteroatoms. The summed E-state index contributed by atoms with van der Waals surface area (Å²) in [5.74, 6) is -0.0788. The number of rotatable bonds is 4. The van der Waals surface area contributed by atoms with Gasteiger partial charge in [-0.25, -0.2) is 0 Å². The average molecular weight is 295 g/mol. The molecule has 5 nitrogen and oxygen atoms in total. The Labute approximate surface area is 87.1 Å². The first-order chi connectivity index (χ1) is 6.24.